The number of nitrogens with one attached hydrogen (secondary N) is 1. The number of nitrogens with zero attached hydrogens (tertiary/aromatic N) is 2. The van der Waals surface area contributed by atoms with E-state index in [2.05, 4.69) is 15.3 Å². The molecule has 2 rings (SSSR count). The Bertz CT molecular complexity index is 587. The molecule has 20 heavy (non-hydrogen) atoms. The zero-order valence-corrected chi connectivity index (χ0v) is 11.3. The molecular weight excluding hydrogens is 258 g/mol. The zero-order valence-electron chi connectivity index (χ0n) is 11.3. The summed E-state index contributed by atoms with van der Waals surface area (Å²) in [4.78, 5) is 19.8. The lowest BCUT2D eigenvalue weighted by atomic mass is 10.1. The van der Waals surface area contributed by atoms with Crippen molar-refractivity contribution in [3.8, 4) is 11.5 Å². The maximum atomic E-state index is 11.9. The van der Waals surface area contributed by atoms with Gasteiger partial charge in [-0.3, -0.25) is 10.1 Å². The molecule has 1 heterocycles. The average Bonchev–Trinajstić information content (AvgIpc) is 2.48. The Hall–Kier alpha value is -2.63. The molecule has 0 bridgehead atoms. The van der Waals surface area contributed by atoms with E-state index in [4.69, 9.17) is 9.47 Å². The quantitative estimate of drug-likeness (QED) is 0.897. The molecule has 1 aromatic carbocycles. The van der Waals surface area contributed by atoms with Crippen LogP contribution in [0.15, 0.2) is 36.7 Å². The van der Waals surface area contributed by atoms with Crippen LogP contribution >= 0.6 is 0 Å². The van der Waals surface area contributed by atoms with Gasteiger partial charge in [0, 0.05) is 24.0 Å². The molecule has 0 saturated carbocycles. The van der Waals surface area contributed by atoms with Crippen LogP contribution in [0.5, 0.6) is 11.5 Å². The van der Waals surface area contributed by atoms with Crippen molar-refractivity contribution < 1.29 is 14.3 Å². The van der Waals surface area contributed by atoms with Crippen molar-refractivity contribution in [1.82, 2.24) is 9.97 Å². The second-order valence-corrected chi connectivity index (χ2v) is 3.98. The van der Waals surface area contributed by atoms with Crippen LogP contribution in [-0.4, -0.2) is 30.1 Å². The Kier molecular flexibility index (Phi) is 4.49. The first-order valence-electron chi connectivity index (χ1n) is 6.00. The highest BCUT2D eigenvalue weighted by Gasteiger charge is 2.11. The van der Waals surface area contributed by atoms with Gasteiger partial charge in [-0.1, -0.05) is 6.07 Å². The predicted octanol–water partition coefficient (Wildman–Crippen LogP) is 1.67. The first-order chi connectivity index (χ1) is 9.72. The normalized spacial score (nSPS) is 9.90. The fraction of sp³-hybridized carbons (Fsp3) is 0.214. The van der Waals surface area contributed by atoms with Gasteiger partial charge in [0.05, 0.1) is 20.6 Å². The monoisotopic (exact) mass is 273 g/mol. The molecule has 0 aliphatic carbocycles. The van der Waals surface area contributed by atoms with Crippen molar-refractivity contribution in [1.29, 1.82) is 0 Å². The van der Waals surface area contributed by atoms with Gasteiger partial charge in [0.2, 0.25) is 11.9 Å². The molecule has 0 aliphatic rings. The molecule has 1 amide bonds. The van der Waals surface area contributed by atoms with Gasteiger partial charge in [-0.15, -0.1) is 0 Å². The van der Waals surface area contributed by atoms with E-state index in [9.17, 15) is 4.79 Å². The van der Waals surface area contributed by atoms with Crippen LogP contribution in [0.1, 0.15) is 5.56 Å². The van der Waals surface area contributed by atoms with E-state index in [1.165, 1.54) is 0 Å². The number of carbonyl (C=O) groups excluding carboxylic acids is 1. The summed E-state index contributed by atoms with van der Waals surface area (Å²) < 4.78 is 10.4. The number of aromatic nitrogens is 2. The van der Waals surface area contributed by atoms with E-state index >= 15 is 0 Å². The summed E-state index contributed by atoms with van der Waals surface area (Å²) in [7, 11) is 3.13. The third-order valence-electron chi connectivity index (χ3n) is 2.66. The molecule has 0 fully saturated rings. The highest BCUT2D eigenvalue weighted by atomic mass is 16.5. The number of hydrogen-bond acceptors (Lipinski definition) is 5. The molecule has 1 N–H and O–H groups in total. The molecule has 0 saturated heterocycles. The minimum Gasteiger partial charge on any atom is -0.497 e. The van der Waals surface area contributed by atoms with Crippen molar-refractivity contribution in [2.75, 3.05) is 19.5 Å². The second-order valence-electron chi connectivity index (χ2n) is 3.98. The minimum atomic E-state index is -0.209. The van der Waals surface area contributed by atoms with E-state index in [-0.39, 0.29) is 18.3 Å². The summed E-state index contributed by atoms with van der Waals surface area (Å²) in [5.41, 5.74) is 0.765. The molecule has 0 atom stereocenters. The van der Waals surface area contributed by atoms with Gasteiger partial charge in [-0.25, -0.2) is 9.97 Å². The summed E-state index contributed by atoms with van der Waals surface area (Å²) in [6.07, 6.45) is 3.30. The van der Waals surface area contributed by atoms with E-state index < -0.39 is 0 Å². The highest BCUT2D eigenvalue weighted by Crippen LogP contribution is 2.25. The molecule has 0 radical (unpaired) electrons. The number of benzene rings is 1. The fourth-order valence-corrected chi connectivity index (χ4v) is 1.70. The summed E-state index contributed by atoms with van der Waals surface area (Å²) in [5, 5.41) is 2.62. The lowest BCUT2D eigenvalue weighted by Crippen LogP contribution is -2.16. The van der Waals surface area contributed by atoms with E-state index in [1.807, 2.05) is 0 Å². The topological polar surface area (TPSA) is 73.3 Å². The molecule has 1 aromatic heterocycles. The predicted molar refractivity (Wildman–Crippen MR) is 73.9 cm³/mol. The first kappa shape index (κ1) is 13.8. The molecule has 0 spiro atoms. The van der Waals surface area contributed by atoms with Gasteiger partial charge in [0.1, 0.15) is 11.5 Å². The molecule has 2 aromatic rings. The van der Waals surface area contributed by atoms with Crippen LogP contribution in [0, 0.1) is 0 Å². The van der Waals surface area contributed by atoms with Crippen molar-refractivity contribution in [3.63, 3.8) is 0 Å². The summed E-state index contributed by atoms with van der Waals surface area (Å²) in [6.45, 7) is 0. The van der Waals surface area contributed by atoms with Crippen molar-refractivity contribution in [3.05, 3.63) is 42.2 Å². The average molecular weight is 273 g/mol. The Morgan fingerprint density at radius 2 is 1.95 bits per heavy atom. The largest absolute Gasteiger partial charge is 0.497 e. The summed E-state index contributed by atoms with van der Waals surface area (Å²) in [5.74, 6) is 1.36. The first-order valence-corrected chi connectivity index (χ1v) is 6.00. The lowest BCUT2D eigenvalue weighted by molar-refractivity contribution is -0.115. The van der Waals surface area contributed by atoms with Crippen molar-refractivity contribution in [2.24, 2.45) is 0 Å². The van der Waals surface area contributed by atoms with Gasteiger partial charge < -0.3 is 9.47 Å². The van der Waals surface area contributed by atoms with Gasteiger partial charge in [-0.05, 0) is 12.1 Å². The van der Waals surface area contributed by atoms with Crippen molar-refractivity contribution in [2.45, 2.75) is 6.42 Å². The Balaban J connectivity index is 2.07. The number of methoxy groups -OCH3 is 2. The molecule has 6 heteroatoms. The molecular formula is C14H15N3O3. The number of amides is 1. The van der Waals surface area contributed by atoms with E-state index in [1.54, 1.807) is 50.9 Å². The van der Waals surface area contributed by atoms with Gasteiger partial charge in [0.25, 0.3) is 0 Å². The maximum Gasteiger partial charge on any atom is 0.231 e. The highest BCUT2D eigenvalue weighted by molar-refractivity contribution is 5.91. The standard InChI is InChI=1S/C14H15N3O3/c1-19-11-5-4-10(12(9-11)20-2)8-13(18)17-14-15-6-3-7-16-14/h3-7,9H,8H2,1-2H3,(H,15,16,17,18). The van der Waals surface area contributed by atoms with Crippen LogP contribution in [0.4, 0.5) is 5.95 Å². The van der Waals surface area contributed by atoms with Crippen molar-refractivity contribution >= 4 is 11.9 Å². The minimum absolute atomic E-state index is 0.172. The van der Waals surface area contributed by atoms with Gasteiger partial charge in [-0.2, -0.15) is 0 Å². The van der Waals surface area contributed by atoms with Crippen LogP contribution in [0.25, 0.3) is 0 Å². The number of anilines is 1. The van der Waals surface area contributed by atoms with Crippen LogP contribution < -0.4 is 14.8 Å². The smallest absolute Gasteiger partial charge is 0.231 e. The second kappa shape index (κ2) is 6.51. The number of rotatable bonds is 5. The Labute approximate surface area is 116 Å². The molecule has 104 valence electrons. The maximum absolute atomic E-state index is 11.9. The third-order valence-corrected chi connectivity index (χ3v) is 2.66. The van der Waals surface area contributed by atoms with Gasteiger partial charge >= 0.3 is 0 Å². The van der Waals surface area contributed by atoms with E-state index in [0.717, 1.165) is 5.56 Å². The van der Waals surface area contributed by atoms with Crippen LogP contribution in [0.3, 0.4) is 0 Å². The summed E-state index contributed by atoms with van der Waals surface area (Å²) >= 11 is 0. The molecule has 0 unspecified atom stereocenters. The van der Waals surface area contributed by atoms with Crippen LogP contribution in [-0.2, 0) is 11.2 Å². The van der Waals surface area contributed by atoms with Gasteiger partial charge in [0.15, 0.2) is 0 Å². The Morgan fingerprint density at radius 3 is 2.60 bits per heavy atom. The fourth-order valence-electron chi connectivity index (χ4n) is 1.70. The lowest BCUT2D eigenvalue weighted by Gasteiger charge is -2.10. The summed E-state index contributed by atoms with van der Waals surface area (Å²) in [6, 6.07) is 7.00. The van der Waals surface area contributed by atoms with Crippen LogP contribution in [0.2, 0.25) is 0 Å². The third kappa shape index (κ3) is 3.44. The number of carbonyl (C=O) groups is 1. The molecule has 6 nitrogen and oxygen atoms in total. The Morgan fingerprint density at radius 1 is 1.20 bits per heavy atom. The zero-order chi connectivity index (χ0) is 14.4. The number of hydrogen-bond donors (Lipinski definition) is 1. The van der Waals surface area contributed by atoms with E-state index in [0.29, 0.717) is 11.5 Å². The number of ether oxygens (including phenoxy) is 2. The SMILES string of the molecule is COc1ccc(CC(=O)Nc2ncccn2)c(OC)c1. The molecule has 0 aliphatic heterocycles.